The Morgan fingerprint density at radius 2 is 2.00 bits per heavy atom. The van der Waals surface area contributed by atoms with Crippen LogP contribution in [0, 0.1) is 5.92 Å². The highest BCUT2D eigenvalue weighted by molar-refractivity contribution is 5.43. The Balaban J connectivity index is 2.32. The van der Waals surface area contributed by atoms with Gasteiger partial charge in [-0.15, -0.1) is 0 Å². The summed E-state index contributed by atoms with van der Waals surface area (Å²) in [7, 11) is 3.25. The van der Waals surface area contributed by atoms with E-state index in [1.807, 2.05) is 25.1 Å². The average Bonchev–Trinajstić information content (AvgIpc) is 3.11. The van der Waals surface area contributed by atoms with Gasteiger partial charge in [-0.1, -0.05) is 12.8 Å². The number of benzene rings is 1. The smallest absolute Gasteiger partial charge is 0.125 e. The van der Waals surface area contributed by atoms with Crippen LogP contribution in [0.4, 0.5) is 0 Å². The fourth-order valence-corrected chi connectivity index (χ4v) is 2.23. The number of hydrogen-bond donors (Lipinski definition) is 1. The Kier molecular flexibility index (Phi) is 3.29. The zero-order valence-electron chi connectivity index (χ0n) is 10.7. The van der Waals surface area contributed by atoms with E-state index in [9.17, 15) is 5.11 Å². The molecule has 0 radical (unpaired) electrons. The van der Waals surface area contributed by atoms with Gasteiger partial charge >= 0.3 is 0 Å². The van der Waals surface area contributed by atoms with E-state index in [1.165, 1.54) is 12.8 Å². The molecule has 0 aromatic heterocycles. The van der Waals surface area contributed by atoms with Crippen molar-refractivity contribution >= 4 is 0 Å². The molecule has 1 atom stereocenters. The van der Waals surface area contributed by atoms with Gasteiger partial charge in [0.1, 0.15) is 11.5 Å². The molecule has 1 aromatic carbocycles. The normalized spacial score (nSPS) is 18.6. The van der Waals surface area contributed by atoms with E-state index in [1.54, 1.807) is 14.2 Å². The molecule has 1 saturated carbocycles. The van der Waals surface area contributed by atoms with Gasteiger partial charge in [0.2, 0.25) is 0 Å². The number of ether oxygens (including phenoxy) is 2. The Morgan fingerprint density at radius 1 is 1.29 bits per heavy atom. The standard InChI is InChI=1S/C14H20O3/c1-14(15,9-10-4-5-10)12-8-11(16-2)6-7-13(12)17-3/h6-8,10,15H,4-5,9H2,1-3H3. The van der Waals surface area contributed by atoms with Gasteiger partial charge in [0.15, 0.2) is 0 Å². The lowest BCUT2D eigenvalue weighted by molar-refractivity contribution is 0.0391. The van der Waals surface area contributed by atoms with Gasteiger partial charge in [0.25, 0.3) is 0 Å². The largest absolute Gasteiger partial charge is 0.497 e. The molecule has 0 saturated heterocycles. The summed E-state index contributed by atoms with van der Waals surface area (Å²) < 4.78 is 10.5. The molecule has 1 fully saturated rings. The molecule has 1 N–H and O–H groups in total. The molecule has 17 heavy (non-hydrogen) atoms. The van der Waals surface area contributed by atoms with Crippen LogP contribution < -0.4 is 9.47 Å². The summed E-state index contributed by atoms with van der Waals surface area (Å²) in [5.41, 5.74) is -0.0348. The fraction of sp³-hybridized carbons (Fsp3) is 0.571. The van der Waals surface area contributed by atoms with Gasteiger partial charge in [-0.3, -0.25) is 0 Å². The van der Waals surface area contributed by atoms with Crippen LogP contribution in [0.1, 0.15) is 31.7 Å². The van der Waals surface area contributed by atoms with E-state index in [0.717, 1.165) is 23.5 Å². The molecule has 0 amide bonds. The van der Waals surface area contributed by atoms with Crippen LogP contribution in [0.25, 0.3) is 0 Å². The first-order chi connectivity index (χ1) is 8.06. The molecule has 1 unspecified atom stereocenters. The highest BCUT2D eigenvalue weighted by atomic mass is 16.5. The van der Waals surface area contributed by atoms with Gasteiger partial charge in [-0.25, -0.2) is 0 Å². The molecule has 0 heterocycles. The van der Waals surface area contributed by atoms with Crippen LogP contribution in [-0.4, -0.2) is 19.3 Å². The molecular weight excluding hydrogens is 216 g/mol. The second-order valence-corrected chi connectivity index (χ2v) is 4.99. The van der Waals surface area contributed by atoms with Crippen molar-refractivity contribution in [1.29, 1.82) is 0 Å². The Hall–Kier alpha value is -1.22. The average molecular weight is 236 g/mol. The summed E-state index contributed by atoms with van der Waals surface area (Å²) >= 11 is 0. The Labute approximate surface area is 102 Å². The molecule has 3 heteroatoms. The molecular formula is C14H20O3. The van der Waals surface area contributed by atoms with Crippen LogP contribution in [0.2, 0.25) is 0 Å². The maximum atomic E-state index is 10.6. The molecule has 0 bridgehead atoms. The van der Waals surface area contributed by atoms with Crippen molar-refractivity contribution in [2.75, 3.05) is 14.2 Å². The van der Waals surface area contributed by atoms with Gasteiger partial charge in [0, 0.05) is 5.56 Å². The fourth-order valence-electron chi connectivity index (χ4n) is 2.23. The van der Waals surface area contributed by atoms with Crippen molar-refractivity contribution in [3.8, 4) is 11.5 Å². The topological polar surface area (TPSA) is 38.7 Å². The second kappa shape index (κ2) is 4.57. The zero-order valence-corrected chi connectivity index (χ0v) is 10.7. The molecule has 3 nitrogen and oxygen atoms in total. The summed E-state index contributed by atoms with van der Waals surface area (Å²) in [6, 6.07) is 5.55. The van der Waals surface area contributed by atoms with E-state index in [0.29, 0.717) is 5.92 Å². The first-order valence-corrected chi connectivity index (χ1v) is 6.01. The highest BCUT2D eigenvalue weighted by Crippen LogP contribution is 2.43. The zero-order chi connectivity index (χ0) is 12.5. The quantitative estimate of drug-likeness (QED) is 0.854. The monoisotopic (exact) mass is 236 g/mol. The SMILES string of the molecule is COc1ccc(OC)c(C(C)(O)CC2CC2)c1. The van der Waals surface area contributed by atoms with E-state index in [-0.39, 0.29) is 0 Å². The van der Waals surface area contributed by atoms with Crippen LogP contribution in [0.15, 0.2) is 18.2 Å². The van der Waals surface area contributed by atoms with Crippen LogP contribution in [0.3, 0.4) is 0 Å². The molecule has 1 aliphatic rings. The number of aliphatic hydroxyl groups is 1. The lowest BCUT2D eigenvalue weighted by Gasteiger charge is -2.26. The van der Waals surface area contributed by atoms with E-state index >= 15 is 0 Å². The predicted molar refractivity (Wildman–Crippen MR) is 66.5 cm³/mol. The van der Waals surface area contributed by atoms with Gasteiger partial charge in [-0.05, 0) is 37.5 Å². The van der Waals surface area contributed by atoms with E-state index in [4.69, 9.17) is 9.47 Å². The summed E-state index contributed by atoms with van der Waals surface area (Å²) in [4.78, 5) is 0. The molecule has 1 aromatic rings. The van der Waals surface area contributed by atoms with Crippen LogP contribution in [0.5, 0.6) is 11.5 Å². The van der Waals surface area contributed by atoms with Crippen molar-refractivity contribution in [1.82, 2.24) is 0 Å². The van der Waals surface area contributed by atoms with Gasteiger partial charge in [-0.2, -0.15) is 0 Å². The van der Waals surface area contributed by atoms with Crippen LogP contribution in [-0.2, 0) is 5.60 Å². The summed E-state index contributed by atoms with van der Waals surface area (Å²) in [6.45, 7) is 1.85. The second-order valence-electron chi connectivity index (χ2n) is 4.99. The third-order valence-electron chi connectivity index (χ3n) is 3.37. The van der Waals surface area contributed by atoms with Gasteiger partial charge in [0.05, 0.1) is 19.8 Å². The third kappa shape index (κ3) is 2.72. The maximum Gasteiger partial charge on any atom is 0.125 e. The first kappa shape index (κ1) is 12.2. The lowest BCUT2D eigenvalue weighted by Crippen LogP contribution is -2.22. The van der Waals surface area contributed by atoms with Crippen LogP contribution >= 0.6 is 0 Å². The van der Waals surface area contributed by atoms with E-state index in [2.05, 4.69) is 0 Å². The minimum absolute atomic E-state index is 0.654. The number of hydrogen-bond acceptors (Lipinski definition) is 3. The number of methoxy groups -OCH3 is 2. The Bertz CT molecular complexity index is 394. The van der Waals surface area contributed by atoms with Crippen molar-refractivity contribution in [3.63, 3.8) is 0 Å². The minimum Gasteiger partial charge on any atom is -0.497 e. The first-order valence-electron chi connectivity index (χ1n) is 6.01. The third-order valence-corrected chi connectivity index (χ3v) is 3.37. The summed E-state index contributed by atoms with van der Waals surface area (Å²) in [5.74, 6) is 2.12. The van der Waals surface area contributed by atoms with Gasteiger partial charge < -0.3 is 14.6 Å². The molecule has 2 rings (SSSR count). The van der Waals surface area contributed by atoms with E-state index < -0.39 is 5.60 Å². The van der Waals surface area contributed by atoms with Crippen molar-refractivity contribution in [3.05, 3.63) is 23.8 Å². The lowest BCUT2D eigenvalue weighted by atomic mass is 9.89. The Morgan fingerprint density at radius 3 is 2.53 bits per heavy atom. The number of rotatable bonds is 5. The minimum atomic E-state index is -0.846. The molecule has 0 aliphatic heterocycles. The highest BCUT2D eigenvalue weighted by Gasteiger charge is 2.35. The van der Waals surface area contributed by atoms with Crippen molar-refractivity contribution < 1.29 is 14.6 Å². The predicted octanol–water partition coefficient (Wildman–Crippen LogP) is 2.71. The molecule has 1 aliphatic carbocycles. The summed E-state index contributed by atoms with van der Waals surface area (Å²) in [6.07, 6.45) is 3.24. The molecule has 94 valence electrons. The van der Waals surface area contributed by atoms with Crippen molar-refractivity contribution in [2.24, 2.45) is 5.92 Å². The van der Waals surface area contributed by atoms with Crippen molar-refractivity contribution in [2.45, 2.75) is 31.8 Å². The molecule has 0 spiro atoms. The summed E-state index contributed by atoms with van der Waals surface area (Å²) in [5, 5.41) is 10.6. The maximum absolute atomic E-state index is 10.6.